The zero-order valence-electron chi connectivity index (χ0n) is 22.4. The minimum atomic E-state index is -1.12. The number of ketones is 1. The third-order valence-corrected chi connectivity index (χ3v) is 9.65. The number of likely N-dealkylation sites (tertiary alicyclic amines) is 1. The molecule has 206 valence electrons. The summed E-state index contributed by atoms with van der Waals surface area (Å²) in [5.74, 6) is -0.0629. The molecule has 1 unspecified atom stereocenters. The van der Waals surface area contributed by atoms with Gasteiger partial charge in [-0.2, -0.15) is 0 Å². The monoisotopic (exact) mass is 525 g/mol. The molecule has 0 spiro atoms. The first-order valence-electron chi connectivity index (χ1n) is 14.5. The number of Topliss-reactive ketones (excluding diaryl/α,β-unsaturated/α-hetero) is 1. The van der Waals surface area contributed by atoms with Crippen LogP contribution in [0.5, 0.6) is 0 Å². The van der Waals surface area contributed by atoms with Crippen molar-refractivity contribution >= 4 is 28.6 Å². The number of benzene rings is 1. The Kier molecular flexibility index (Phi) is 8.20. The fourth-order valence-electron chi connectivity index (χ4n) is 7.44. The number of fused-ring (bicyclic) bond motifs is 1. The van der Waals surface area contributed by atoms with Gasteiger partial charge in [0.2, 0.25) is 11.7 Å². The number of hydrogen-bond donors (Lipinski definition) is 1. The molecule has 1 aromatic heterocycles. The fraction of sp³-hybridized carbons (Fsp3) is 0.645. The number of rotatable bonds is 8. The average molecular weight is 526 g/mol. The summed E-state index contributed by atoms with van der Waals surface area (Å²) in [7, 11) is 0. The molecule has 3 atom stereocenters. The van der Waals surface area contributed by atoms with E-state index in [0.29, 0.717) is 29.3 Å². The first-order chi connectivity index (χ1) is 18.4. The third kappa shape index (κ3) is 5.52. The van der Waals surface area contributed by atoms with E-state index < -0.39 is 12.0 Å². The zero-order valence-corrected chi connectivity index (χ0v) is 22.4. The predicted molar refractivity (Wildman–Crippen MR) is 143 cm³/mol. The van der Waals surface area contributed by atoms with Crippen LogP contribution in [0.25, 0.3) is 11.0 Å². The Morgan fingerprint density at radius 2 is 1.76 bits per heavy atom. The molecular formula is C31H40FNO5. The molecule has 1 saturated heterocycles. The van der Waals surface area contributed by atoms with Crippen LogP contribution >= 0.6 is 0 Å². The first kappa shape index (κ1) is 26.9. The molecule has 2 heterocycles. The Morgan fingerprint density at radius 3 is 2.45 bits per heavy atom. The maximum atomic E-state index is 13.9. The van der Waals surface area contributed by atoms with Crippen molar-refractivity contribution in [3.05, 3.63) is 35.6 Å². The number of carbonyl (C=O) groups is 3. The standard InChI is InChI=1S/C31H40FNO5/c1-19(18-32)21-8-10-23(11-9-21)30(35)33-14-13-25(22-5-3-2-4-6-22)29(33)26(34)16-20-7-12-27-24(15-20)17-28(38-27)31(36)37/h7,12,15,17,19,21-23,25,29H,2-6,8-11,13-14,16,18H2,1H3,(H,36,37)/t19?,21?,23?,25-,29-/m0/s1. The molecule has 5 rings (SSSR count). The summed E-state index contributed by atoms with van der Waals surface area (Å²) >= 11 is 0. The lowest BCUT2D eigenvalue weighted by Gasteiger charge is -2.37. The van der Waals surface area contributed by atoms with Crippen molar-refractivity contribution in [1.29, 1.82) is 0 Å². The second-order valence-corrected chi connectivity index (χ2v) is 12.0. The van der Waals surface area contributed by atoms with E-state index in [9.17, 15) is 23.9 Å². The van der Waals surface area contributed by atoms with Crippen LogP contribution in [-0.2, 0) is 16.0 Å². The molecule has 2 aliphatic carbocycles. The normalized spacial score (nSPS) is 27.5. The maximum absolute atomic E-state index is 13.9. The average Bonchev–Trinajstić information content (AvgIpc) is 3.58. The SMILES string of the molecule is CC(CF)C1CCC(C(=O)N2CC[C@@H](C3CCCCC3)[C@H]2C(=O)Cc2ccc3oc(C(=O)O)cc3c2)CC1. The van der Waals surface area contributed by atoms with Crippen molar-refractivity contribution in [2.75, 3.05) is 13.2 Å². The maximum Gasteiger partial charge on any atom is 0.371 e. The van der Waals surface area contributed by atoms with Crippen LogP contribution in [0, 0.1) is 29.6 Å². The van der Waals surface area contributed by atoms with Gasteiger partial charge >= 0.3 is 5.97 Å². The highest BCUT2D eigenvalue weighted by Crippen LogP contribution is 2.42. The Bertz CT molecular complexity index is 1160. The highest BCUT2D eigenvalue weighted by molar-refractivity contribution is 5.94. The molecule has 1 aliphatic heterocycles. The Hall–Kier alpha value is -2.70. The third-order valence-electron chi connectivity index (χ3n) is 9.65. The number of aromatic carboxylic acids is 1. The number of carboxylic acids is 1. The number of halogens is 1. The van der Waals surface area contributed by atoms with Crippen LogP contribution in [0.3, 0.4) is 0 Å². The first-order valence-corrected chi connectivity index (χ1v) is 14.5. The number of carbonyl (C=O) groups excluding carboxylic acids is 2. The minimum Gasteiger partial charge on any atom is -0.475 e. The van der Waals surface area contributed by atoms with Gasteiger partial charge in [0.15, 0.2) is 5.78 Å². The van der Waals surface area contributed by atoms with Gasteiger partial charge in [0.25, 0.3) is 0 Å². The number of hydrogen-bond acceptors (Lipinski definition) is 4. The molecule has 3 aliphatic rings. The number of alkyl halides is 1. The fourth-order valence-corrected chi connectivity index (χ4v) is 7.44. The van der Waals surface area contributed by atoms with Crippen LogP contribution in [0.4, 0.5) is 4.39 Å². The summed E-state index contributed by atoms with van der Waals surface area (Å²) in [6, 6.07) is 6.45. The van der Waals surface area contributed by atoms with Crippen molar-refractivity contribution in [3.63, 3.8) is 0 Å². The zero-order chi connectivity index (χ0) is 26.8. The van der Waals surface area contributed by atoms with E-state index in [0.717, 1.165) is 50.5 Å². The topological polar surface area (TPSA) is 87.8 Å². The van der Waals surface area contributed by atoms with Crippen LogP contribution in [0.15, 0.2) is 28.7 Å². The Labute approximate surface area is 223 Å². The largest absolute Gasteiger partial charge is 0.475 e. The molecule has 2 aromatic rings. The molecule has 0 radical (unpaired) electrons. The van der Waals surface area contributed by atoms with Crippen molar-refractivity contribution in [2.24, 2.45) is 29.6 Å². The van der Waals surface area contributed by atoms with Crippen molar-refractivity contribution in [1.82, 2.24) is 4.90 Å². The van der Waals surface area contributed by atoms with Crippen molar-refractivity contribution in [3.8, 4) is 0 Å². The molecule has 1 amide bonds. The molecule has 1 aromatic carbocycles. The van der Waals surface area contributed by atoms with Gasteiger partial charge in [-0.3, -0.25) is 14.0 Å². The van der Waals surface area contributed by atoms with Gasteiger partial charge in [0, 0.05) is 24.3 Å². The molecule has 1 N–H and O–H groups in total. The molecule has 38 heavy (non-hydrogen) atoms. The van der Waals surface area contributed by atoms with E-state index in [2.05, 4.69) is 0 Å². The molecule has 3 fully saturated rings. The van der Waals surface area contributed by atoms with E-state index in [1.165, 1.54) is 25.3 Å². The summed E-state index contributed by atoms with van der Waals surface area (Å²) in [6.07, 6.45) is 10.3. The summed E-state index contributed by atoms with van der Waals surface area (Å²) < 4.78 is 18.6. The lowest BCUT2D eigenvalue weighted by atomic mass is 9.74. The molecular weight excluding hydrogens is 485 g/mol. The van der Waals surface area contributed by atoms with Crippen molar-refractivity contribution < 1.29 is 28.3 Å². The summed E-state index contributed by atoms with van der Waals surface area (Å²) in [5.41, 5.74) is 1.29. The second kappa shape index (κ2) is 11.6. The van der Waals surface area contributed by atoms with Gasteiger partial charge in [-0.1, -0.05) is 45.1 Å². The predicted octanol–water partition coefficient (Wildman–Crippen LogP) is 6.45. The van der Waals surface area contributed by atoms with Crippen LogP contribution < -0.4 is 0 Å². The van der Waals surface area contributed by atoms with Gasteiger partial charge in [-0.25, -0.2) is 4.79 Å². The quantitative estimate of drug-likeness (QED) is 0.428. The minimum absolute atomic E-state index is 0.0435. The highest BCUT2D eigenvalue weighted by atomic mass is 19.1. The number of furan rings is 1. The number of nitrogens with zero attached hydrogens (tertiary/aromatic N) is 1. The lowest BCUT2D eigenvalue weighted by molar-refractivity contribution is -0.143. The van der Waals surface area contributed by atoms with Crippen LogP contribution in [0.1, 0.15) is 87.3 Å². The van der Waals surface area contributed by atoms with Gasteiger partial charge in [0.1, 0.15) is 5.58 Å². The molecule has 6 nitrogen and oxygen atoms in total. The summed E-state index contributed by atoms with van der Waals surface area (Å²) in [4.78, 5) is 41.0. The second-order valence-electron chi connectivity index (χ2n) is 12.0. The van der Waals surface area contributed by atoms with Gasteiger partial charge in [0.05, 0.1) is 12.7 Å². The number of amides is 1. The van der Waals surface area contributed by atoms with E-state index >= 15 is 0 Å². The van der Waals surface area contributed by atoms with E-state index in [1.54, 1.807) is 6.07 Å². The molecule has 2 saturated carbocycles. The van der Waals surface area contributed by atoms with Crippen molar-refractivity contribution in [2.45, 2.75) is 83.6 Å². The number of carboxylic acid groups (broad SMARTS) is 1. The smallest absolute Gasteiger partial charge is 0.371 e. The lowest BCUT2D eigenvalue weighted by Crippen LogP contribution is -2.48. The van der Waals surface area contributed by atoms with Gasteiger partial charge < -0.3 is 14.4 Å². The van der Waals surface area contributed by atoms with E-state index in [1.807, 2.05) is 24.0 Å². The van der Waals surface area contributed by atoms with Crippen LogP contribution in [-0.4, -0.2) is 46.9 Å². The summed E-state index contributed by atoms with van der Waals surface area (Å²) in [5, 5.41) is 9.90. The molecule has 7 heteroatoms. The van der Waals surface area contributed by atoms with E-state index in [4.69, 9.17) is 4.42 Å². The van der Waals surface area contributed by atoms with Crippen LogP contribution in [0.2, 0.25) is 0 Å². The van der Waals surface area contributed by atoms with Gasteiger partial charge in [-0.15, -0.1) is 0 Å². The van der Waals surface area contributed by atoms with E-state index in [-0.39, 0.29) is 48.3 Å². The highest BCUT2D eigenvalue weighted by Gasteiger charge is 2.46. The Morgan fingerprint density at radius 1 is 1.03 bits per heavy atom. The summed E-state index contributed by atoms with van der Waals surface area (Å²) in [6.45, 7) is 2.29. The Balaban J connectivity index is 1.34. The molecule has 0 bridgehead atoms. The van der Waals surface area contributed by atoms with Gasteiger partial charge in [-0.05, 0) is 79.5 Å².